The minimum atomic E-state index is -0.727. The summed E-state index contributed by atoms with van der Waals surface area (Å²) in [6.07, 6.45) is 0. The van der Waals surface area contributed by atoms with Crippen molar-refractivity contribution >= 4 is 34.9 Å². The number of amides is 1. The molecule has 10 heteroatoms. The highest BCUT2D eigenvalue weighted by Crippen LogP contribution is 2.31. The number of nitro benzene ring substituents is 1. The van der Waals surface area contributed by atoms with Gasteiger partial charge in [0.15, 0.2) is 0 Å². The van der Waals surface area contributed by atoms with Crippen molar-refractivity contribution in [2.45, 2.75) is 6.92 Å². The number of nitro groups is 1. The number of anilines is 2. The molecule has 0 saturated heterocycles. The van der Waals surface area contributed by atoms with Gasteiger partial charge in [-0.1, -0.05) is 16.7 Å². The van der Waals surface area contributed by atoms with Gasteiger partial charge in [0.2, 0.25) is 5.89 Å². The zero-order valence-electron chi connectivity index (χ0n) is 10.1. The van der Waals surface area contributed by atoms with E-state index in [4.69, 9.17) is 21.8 Å². The lowest BCUT2D eigenvalue weighted by molar-refractivity contribution is -0.383. The van der Waals surface area contributed by atoms with E-state index in [-0.39, 0.29) is 28.2 Å². The minimum Gasteiger partial charge on any atom is -0.408 e. The topological polar surface area (TPSA) is 137 Å². The van der Waals surface area contributed by atoms with E-state index in [1.807, 2.05) is 0 Å². The van der Waals surface area contributed by atoms with Crippen LogP contribution in [0.15, 0.2) is 16.5 Å². The second kappa shape index (κ2) is 5.13. The van der Waals surface area contributed by atoms with Crippen LogP contribution < -0.4 is 11.1 Å². The summed E-state index contributed by atoms with van der Waals surface area (Å²) in [4.78, 5) is 22.0. The Hall–Kier alpha value is -2.68. The molecular weight excluding hydrogens is 290 g/mol. The number of nitrogens with zero attached hydrogens (tertiary/aromatic N) is 3. The molecule has 2 aromatic rings. The second-order valence-corrected chi connectivity index (χ2v) is 4.14. The van der Waals surface area contributed by atoms with E-state index < -0.39 is 16.5 Å². The molecule has 0 bridgehead atoms. The van der Waals surface area contributed by atoms with Crippen molar-refractivity contribution < 1.29 is 14.1 Å². The van der Waals surface area contributed by atoms with Gasteiger partial charge in [0.1, 0.15) is 5.69 Å². The first kappa shape index (κ1) is 13.7. The summed E-state index contributed by atoms with van der Waals surface area (Å²) in [5.74, 6) is -0.416. The second-order valence-electron chi connectivity index (χ2n) is 3.73. The number of nitrogens with one attached hydrogen (secondary N) is 1. The molecule has 0 aliphatic rings. The average molecular weight is 298 g/mol. The van der Waals surface area contributed by atoms with Crippen LogP contribution in [0.1, 0.15) is 16.2 Å². The maximum Gasteiger partial charge on any atom is 0.322 e. The van der Waals surface area contributed by atoms with Gasteiger partial charge in [-0.25, -0.2) is 0 Å². The molecule has 0 radical (unpaired) electrons. The number of nitrogens with two attached hydrogens (primary N) is 1. The zero-order valence-corrected chi connectivity index (χ0v) is 10.8. The van der Waals surface area contributed by atoms with Gasteiger partial charge in [0.05, 0.1) is 9.95 Å². The minimum absolute atomic E-state index is 0.0493. The van der Waals surface area contributed by atoms with E-state index in [0.717, 1.165) is 6.07 Å². The number of nitrogen functional groups attached to an aromatic ring is 1. The fourth-order valence-electron chi connectivity index (χ4n) is 1.40. The lowest BCUT2D eigenvalue weighted by atomic mass is 10.1. The molecule has 0 fully saturated rings. The highest BCUT2D eigenvalue weighted by Gasteiger charge is 2.20. The molecule has 1 aromatic carbocycles. The molecule has 0 unspecified atom stereocenters. The Bertz CT molecular complexity index is 699. The maximum atomic E-state index is 11.9. The fraction of sp³-hybridized carbons (Fsp3) is 0.100. The van der Waals surface area contributed by atoms with E-state index in [2.05, 4.69) is 15.5 Å². The van der Waals surface area contributed by atoms with Crippen molar-refractivity contribution in [2.75, 3.05) is 11.1 Å². The van der Waals surface area contributed by atoms with Gasteiger partial charge >= 0.3 is 6.01 Å². The number of hydrogen-bond donors (Lipinski definition) is 2. The molecular formula is C10H8ClN5O4. The highest BCUT2D eigenvalue weighted by molar-refractivity contribution is 6.34. The quantitative estimate of drug-likeness (QED) is 0.500. The number of halogens is 1. The predicted octanol–water partition coefficient (Wildman–Crippen LogP) is 1.77. The van der Waals surface area contributed by atoms with Crippen molar-refractivity contribution in [2.24, 2.45) is 0 Å². The van der Waals surface area contributed by atoms with Crippen LogP contribution in [0.2, 0.25) is 5.02 Å². The molecule has 20 heavy (non-hydrogen) atoms. The molecule has 0 spiro atoms. The van der Waals surface area contributed by atoms with E-state index >= 15 is 0 Å². The monoisotopic (exact) mass is 297 g/mol. The summed E-state index contributed by atoms with van der Waals surface area (Å²) >= 11 is 5.75. The third-order valence-corrected chi connectivity index (χ3v) is 2.63. The fourth-order valence-corrected chi connectivity index (χ4v) is 1.62. The molecule has 0 saturated carbocycles. The molecule has 0 aliphatic heterocycles. The molecule has 104 valence electrons. The first-order chi connectivity index (χ1) is 9.38. The number of benzene rings is 1. The van der Waals surface area contributed by atoms with Crippen LogP contribution in [0, 0.1) is 17.0 Å². The van der Waals surface area contributed by atoms with Crippen LogP contribution in [0.3, 0.4) is 0 Å². The summed E-state index contributed by atoms with van der Waals surface area (Å²) in [6, 6.07) is 2.10. The van der Waals surface area contributed by atoms with Crippen LogP contribution in [0.5, 0.6) is 0 Å². The maximum absolute atomic E-state index is 11.9. The van der Waals surface area contributed by atoms with E-state index in [1.165, 1.54) is 6.07 Å². The Morgan fingerprint density at radius 3 is 2.75 bits per heavy atom. The zero-order chi connectivity index (χ0) is 14.9. The lowest BCUT2D eigenvalue weighted by Crippen LogP contribution is -2.13. The molecule has 9 nitrogen and oxygen atoms in total. The van der Waals surface area contributed by atoms with Crippen LogP contribution in [0.4, 0.5) is 17.4 Å². The lowest BCUT2D eigenvalue weighted by Gasteiger charge is -2.04. The molecule has 1 aromatic heterocycles. The molecule has 0 aliphatic carbocycles. The number of carbonyl (C=O) groups is 1. The Morgan fingerprint density at radius 2 is 2.20 bits per heavy atom. The first-order valence-electron chi connectivity index (χ1n) is 5.23. The normalized spacial score (nSPS) is 10.3. The number of rotatable bonds is 3. The summed E-state index contributed by atoms with van der Waals surface area (Å²) in [6.45, 7) is 1.55. The molecule has 1 amide bonds. The van der Waals surface area contributed by atoms with E-state index in [1.54, 1.807) is 6.92 Å². The first-order valence-corrected chi connectivity index (χ1v) is 5.61. The van der Waals surface area contributed by atoms with Gasteiger partial charge in [-0.15, -0.1) is 5.10 Å². The van der Waals surface area contributed by atoms with E-state index in [9.17, 15) is 14.9 Å². The smallest absolute Gasteiger partial charge is 0.322 e. The number of aryl methyl sites for hydroxylation is 1. The Kier molecular flexibility index (Phi) is 3.53. The average Bonchev–Trinajstić information content (AvgIpc) is 2.77. The van der Waals surface area contributed by atoms with E-state index in [0.29, 0.717) is 0 Å². The van der Waals surface area contributed by atoms with Crippen LogP contribution in [-0.2, 0) is 0 Å². The highest BCUT2D eigenvalue weighted by atomic mass is 35.5. The number of carbonyl (C=O) groups excluding carboxylic acids is 1. The SMILES string of the molecule is Cc1nnc(NC(=O)c2cc(Cl)c(N)c([N+](=O)[O-])c2)o1. The number of hydrogen-bond acceptors (Lipinski definition) is 7. The van der Waals surface area contributed by atoms with Crippen molar-refractivity contribution in [3.63, 3.8) is 0 Å². The Labute approximate surface area is 116 Å². The molecule has 0 atom stereocenters. The standard InChI is InChI=1S/C10H8ClN5O4/c1-4-14-15-10(20-4)13-9(17)5-2-6(11)8(12)7(3-5)16(18)19/h2-3H,12H2,1H3,(H,13,15,17). The summed E-state index contributed by atoms with van der Waals surface area (Å²) in [5, 5.41) is 20.1. The molecule has 2 rings (SSSR count). The predicted molar refractivity (Wildman–Crippen MR) is 69.5 cm³/mol. The van der Waals surface area contributed by atoms with Crippen molar-refractivity contribution in [1.82, 2.24) is 10.2 Å². The van der Waals surface area contributed by atoms with Crippen LogP contribution >= 0.6 is 11.6 Å². The van der Waals surface area contributed by atoms with Gasteiger partial charge in [0.25, 0.3) is 11.6 Å². The van der Waals surface area contributed by atoms with Crippen LogP contribution in [-0.4, -0.2) is 21.0 Å². The van der Waals surface area contributed by atoms with Gasteiger partial charge in [-0.2, -0.15) is 0 Å². The van der Waals surface area contributed by atoms with Crippen molar-refractivity contribution in [1.29, 1.82) is 0 Å². The Morgan fingerprint density at radius 1 is 1.50 bits per heavy atom. The molecule has 3 N–H and O–H groups in total. The number of aromatic nitrogens is 2. The summed E-state index contributed by atoms with van der Waals surface area (Å²) in [7, 11) is 0. The molecule has 1 heterocycles. The van der Waals surface area contributed by atoms with Crippen molar-refractivity contribution in [3.8, 4) is 0 Å². The van der Waals surface area contributed by atoms with Gasteiger partial charge in [-0.05, 0) is 6.07 Å². The van der Waals surface area contributed by atoms with Crippen molar-refractivity contribution in [3.05, 3.63) is 38.7 Å². The summed E-state index contributed by atoms with van der Waals surface area (Å²) < 4.78 is 4.96. The van der Waals surface area contributed by atoms with Gasteiger partial charge in [-0.3, -0.25) is 20.2 Å². The van der Waals surface area contributed by atoms with Crippen LogP contribution in [0.25, 0.3) is 0 Å². The van der Waals surface area contributed by atoms with Gasteiger partial charge < -0.3 is 10.2 Å². The third-order valence-electron chi connectivity index (χ3n) is 2.31. The summed E-state index contributed by atoms with van der Waals surface area (Å²) in [5.41, 5.74) is 4.75. The van der Waals surface area contributed by atoms with Gasteiger partial charge in [0, 0.05) is 18.6 Å². The Balaban J connectivity index is 2.32. The largest absolute Gasteiger partial charge is 0.408 e. The third kappa shape index (κ3) is 2.67.